The molecule has 0 bridgehead atoms. The summed E-state index contributed by atoms with van der Waals surface area (Å²) in [6.07, 6.45) is 0.844. The van der Waals surface area contributed by atoms with Crippen molar-refractivity contribution in [3.8, 4) is 5.75 Å². The van der Waals surface area contributed by atoms with Gasteiger partial charge in [0.25, 0.3) is 5.91 Å². The second-order valence-electron chi connectivity index (χ2n) is 7.30. The van der Waals surface area contributed by atoms with E-state index in [0.29, 0.717) is 32.8 Å². The highest BCUT2D eigenvalue weighted by atomic mass is 127. The van der Waals surface area contributed by atoms with E-state index in [9.17, 15) is 9.90 Å². The molecular formula is C21H33IN4O4. The molecule has 0 radical (unpaired) electrons. The van der Waals surface area contributed by atoms with Crippen molar-refractivity contribution in [1.29, 1.82) is 0 Å². The van der Waals surface area contributed by atoms with Crippen LogP contribution in [0.25, 0.3) is 0 Å². The third kappa shape index (κ3) is 6.45. The van der Waals surface area contributed by atoms with Gasteiger partial charge >= 0.3 is 0 Å². The number of aliphatic hydroxyl groups excluding tert-OH is 1. The Hall–Kier alpha value is -1.59. The number of rotatable bonds is 6. The Bertz CT molecular complexity index is 687. The van der Waals surface area contributed by atoms with Crippen LogP contribution in [0.15, 0.2) is 29.3 Å². The Morgan fingerprint density at radius 2 is 1.93 bits per heavy atom. The molecule has 0 saturated carbocycles. The number of halogens is 1. The summed E-state index contributed by atoms with van der Waals surface area (Å²) in [5, 5.41) is 13.8. The number of nitrogens with one attached hydrogen (secondary N) is 1. The standard InChI is InChI=1S/C21H32N4O4.HI/c1-3-22-21(23-15-18(26)16-6-8-17(28-2)9-7-16)25-12-10-24(11-13-25)20(27)19-5-4-14-29-19;/h6-9,18-19,26H,3-5,10-15H2,1-2H3,(H,22,23);1H. The Morgan fingerprint density at radius 1 is 1.27 bits per heavy atom. The van der Waals surface area contributed by atoms with Crippen LogP contribution in [0.5, 0.6) is 5.75 Å². The number of carbonyl (C=O) groups is 1. The molecule has 2 fully saturated rings. The number of amides is 1. The summed E-state index contributed by atoms with van der Waals surface area (Å²) in [7, 11) is 1.62. The van der Waals surface area contributed by atoms with E-state index in [2.05, 4.69) is 15.2 Å². The number of ether oxygens (including phenoxy) is 2. The Balaban J connectivity index is 0.00000320. The van der Waals surface area contributed by atoms with Crippen LogP contribution in [0.3, 0.4) is 0 Å². The maximum Gasteiger partial charge on any atom is 0.251 e. The van der Waals surface area contributed by atoms with Gasteiger partial charge in [-0.2, -0.15) is 0 Å². The second-order valence-corrected chi connectivity index (χ2v) is 7.30. The molecule has 1 amide bonds. The Kier molecular flexibility index (Phi) is 10.1. The zero-order chi connectivity index (χ0) is 20.6. The van der Waals surface area contributed by atoms with Gasteiger partial charge in [-0.1, -0.05) is 12.1 Å². The van der Waals surface area contributed by atoms with Crippen molar-refractivity contribution in [2.45, 2.75) is 32.0 Å². The molecule has 2 unspecified atom stereocenters. The lowest BCUT2D eigenvalue weighted by Crippen LogP contribution is -2.55. The minimum Gasteiger partial charge on any atom is -0.497 e. The summed E-state index contributed by atoms with van der Waals surface area (Å²) in [5.74, 6) is 1.64. The smallest absolute Gasteiger partial charge is 0.251 e. The molecular weight excluding hydrogens is 499 g/mol. The molecule has 3 rings (SSSR count). The van der Waals surface area contributed by atoms with Gasteiger partial charge in [0.2, 0.25) is 0 Å². The number of benzene rings is 1. The molecule has 2 heterocycles. The Morgan fingerprint density at radius 3 is 2.50 bits per heavy atom. The number of guanidine groups is 1. The number of nitrogens with zero attached hydrogens (tertiary/aromatic N) is 3. The monoisotopic (exact) mass is 532 g/mol. The molecule has 2 N–H and O–H groups in total. The van der Waals surface area contributed by atoms with E-state index in [0.717, 1.165) is 36.7 Å². The molecule has 2 aliphatic heterocycles. The summed E-state index contributed by atoms with van der Waals surface area (Å²) in [6, 6.07) is 7.36. The molecule has 0 aromatic heterocycles. The van der Waals surface area contributed by atoms with E-state index < -0.39 is 6.10 Å². The topological polar surface area (TPSA) is 86.6 Å². The number of hydrogen-bond donors (Lipinski definition) is 2. The molecule has 2 saturated heterocycles. The quantitative estimate of drug-likeness (QED) is 0.329. The predicted octanol–water partition coefficient (Wildman–Crippen LogP) is 1.64. The first-order valence-electron chi connectivity index (χ1n) is 10.4. The molecule has 8 nitrogen and oxygen atoms in total. The summed E-state index contributed by atoms with van der Waals surface area (Å²) in [4.78, 5) is 21.2. The summed E-state index contributed by atoms with van der Waals surface area (Å²) < 4.78 is 10.7. The summed E-state index contributed by atoms with van der Waals surface area (Å²) >= 11 is 0. The maximum absolute atomic E-state index is 12.5. The third-order valence-corrected chi connectivity index (χ3v) is 5.35. The van der Waals surface area contributed by atoms with Crippen LogP contribution in [0.4, 0.5) is 0 Å². The molecule has 2 atom stereocenters. The lowest BCUT2D eigenvalue weighted by molar-refractivity contribution is -0.142. The SMILES string of the molecule is CCNC(=NCC(O)c1ccc(OC)cc1)N1CCN(C(=O)C2CCCO2)CC1.I. The van der Waals surface area contributed by atoms with E-state index in [-0.39, 0.29) is 42.5 Å². The van der Waals surface area contributed by atoms with Crippen molar-refractivity contribution < 1.29 is 19.4 Å². The van der Waals surface area contributed by atoms with Gasteiger partial charge in [-0.25, -0.2) is 0 Å². The van der Waals surface area contributed by atoms with Gasteiger partial charge in [0.1, 0.15) is 11.9 Å². The van der Waals surface area contributed by atoms with E-state index in [1.165, 1.54) is 0 Å². The minimum absolute atomic E-state index is 0. The average Bonchev–Trinajstić information content (AvgIpc) is 3.31. The lowest BCUT2D eigenvalue weighted by atomic mass is 10.1. The van der Waals surface area contributed by atoms with Crippen LogP contribution in [0.2, 0.25) is 0 Å². The van der Waals surface area contributed by atoms with Crippen LogP contribution >= 0.6 is 24.0 Å². The van der Waals surface area contributed by atoms with Crippen LogP contribution < -0.4 is 10.1 Å². The molecule has 0 aliphatic carbocycles. The average molecular weight is 532 g/mol. The fourth-order valence-electron chi connectivity index (χ4n) is 3.64. The predicted molar refractivity (Wildman–Crippen MR) is 126 cm³/mol. The number of hydrogen-bond acceptors (Lipinski definition) is 5. The van der Waals surface area contributed by atoms with Gasteiger partial charge in [0, 0.05) is 39.3 Å². The molecule has 30 heavy (non-hydrogen) atoms. The van der Waals surface area contributed by atoms with E-state index in [1.807, 2.05) is 36.1 Å². The number of methoxy groups -OCH3 is 1. The van der Waals surface area contributed by atoms with Crippen molar-refractivity contribution in [3.63, 3.8) is 0 Å². The van der Waals surface area contributed by atoms with Crippen molar-refractivity contribution in [3.05, 3.63) is 29.8 Å². The number of aliphatic hydroxyl groups is 1. The summed E-state index contributed by atoms with van der Waals surface area (Å²) in [6.45, 7) is 6.45. The van der Waals surface area contributed by atoms with Gasteiger partial charge in [0.15, 0.2) is 5.96 Å². The van der Waals surface area contributed by atoms with Crippen LogP contribution in [0.1, 0.15) is 31.4 Å². The molecule has 2 aliphatic rings. The molecule has 1 aromatic rings. The van der Waals surface area contributed by atoms with Gasteiger partial charge < -0.3 is 29.7 Å². The maximum atomic E-state index is 12.5. The van der Waals surface area contributed by atoms with Gasteiger partial charge in [-0.15, -0.1) is 24.0 Å². The first-order valence-corrected chi connectivity index (χ1v) is 10.4. The highest BCUT2D eigenvalue weighted by Crippen LogP contribution is 2.18. The highest BCUT2D eigenvalue weighted by molar-refractivity contribution is 14.0. The van der Waals surface area contributed by atoms with Gasteiger partial charge in [-0.3, -0.25) is 9.79 Å². The molecule has 1 aromatic carbocycles. The van der Waals surface area contributed by atoms with Crippen molar-refractivity contribution in [2.24, 2.45) is 4.99 Å². The normalized spacial score (nSPS) is 20.5. The van der Waals surface area contributed by atoms with Crippen LogP contribution in [-0.4, -0.2) is 85.9 Å². The van der Waals surface area contributed by atoms with Crippen LogP contribution in [-0.2, 0) is 9.53 Å². The molecule has 168 valence electrons. The number of carbonyl (C=O) groups excluding carboxylic acids is 1. The number of aliphatic imine (C=N–C) groups is 1. The molecule has 0 spiro atoms. The number of piperazine rings is 1. The fourth-order valence-corrected chi connectivity index (χ4v) is 3.64. The second kappa shape index (κ2) is 12.3. The lowest BCUT2D eigenvalue weighted by Gasteiger charge is -2.37. The van der Waals surface area contributed by atoms with Crippen molar-refractivity contribution >= 4 is 35.8 Å². The largest absolute Gasteiger partial charge is 0.497 e. The Labute approximate surface area is 195 Å². The van der Waals surface area contributed by atoms with Gasteiger partial charge in [-0.05, 0) is 37.5 Å². The molecule has 9 heteroatoms. The minimum atomic E-state index is -0.683. The van der Waals surface area contributed by atoms with E-state index in [1.54, 1.807) is 7.11 Å². The van der Waals surface area contributed by atoms with Crippen molar-refractivity contribution in [2.75, 3.05) is 53.0 Å². The highest BCUT2D eigenvalue weighted by Gasteiger charge is 2.30. The first kappa shape index (κ1) is 24.7. The zero-order valence-corrected chi connectivity index (χ0v) is 20.1. The zero-order valence-electron chi connectivity index (χ0n) is 17.7. The first-order chi connectivity index (χ1) is 14.1. The van der Waals surface area contributed by atoms with Crippen molar-refractivity contribution in [1.82, 2.24) is 15.1 Å². The van der Waals surface area contributed by atoms with Gasteiger partial charge in [0.05, 0.1) is 19.8 Å². The van der Waals surface area contributed by atoms with Crippen LogP contribution in [0, 0.1) is 0 Å². The summed E-state index contributed by atoms with van der Waals surface area (Å²) in [5.41, 5.74) is 0.803. The fraction of sp³-hybridized carbons (Fsp3) is 0.619. The third-order valence-electron chi connectivity index (χ3n) is 5.35. The van der Waals surface area contributed by atoms with E-state index in [4.69, 9.17) is 9.47 Å². The van der Waals surface area contributed by atoms with E-state index >= 15 is 0 Å².